The molecule has 0 radical (unpaired) electrons. The SMILES string of the molecule is CC.CC.CC.CC.CC.CC.Cc1cc2c(cc1C)-c1cccnc1C2.Cc1cc2c(cc1C)-c1cccnc1C2.Cc1ccc2c(c1C)-c1cccnc1C2.Cc1ccc2c(c1C)-c1cccnc1C2.Cc1ccc2c(c1C)Cc1ncccc1-2.Cc1ccc2c(c1C)Cc1ncccc1-2. The summed E-state index contributed by atoms with van der Waals surface area (Å²) in [6, 6.07) is 52.1. The average Bonchev–Trinajstić information content (AvgIpc) is 1.72. The lowest BCUT2D eigenvalue weighted by molar-refractivity contribution is 1.10. The van der Waals surface area contributed by atoms with Gasteiger partial charge in [-0.1, -0.05) is 192 Å². The third-order valence-electron chi connectivity index (χ3n) is 20.0. The van der Waals surface area contributed by atoms with E-state index in [1.54, 1.807) is 0 Å². The van der Waals surface area contributed by atoms with Gasteiger partial charge in [-0.3, -0.25) is 29.9 Å². The van der Waals surface area contributed by atoms with Crippen molar-refractivity contribution in [2.45, 2.75) is 205 Å². The van der Waals surface area contributed by atoms with Gasteiger partial charge in [-0.05, 0) is 253 Å². The van der Waals surface area contributed by atoms with Gasteiger partial charge in [-0.15, -0.1) is 0 Å². The third kappa shape index (κ3) is 17.2. The van der Waals surface area contributed by atoms with Gasteiger partial charge in [0.15, 0.2) is 0 Å². The molecule has 6 nitrogen and oxygen atoms in total. The van der Waals surface area contributed by atoms with Crippen molar-refractivity contribution in [1.82, 2.24) is 29.9 Å². The van der Waals surface area contributed by atoms with Crippen molar-refractivity contribution in [2.24, 2.45) is 0 Å². The highest BCUT2D eigenvalue weighted by molar-refractivity contribution is 5.82. The molecule has 12 aromatic rings. The molecular weight excluding hydrogens is 1240 g/mol. The van der Waals surface area contributed by atoms with E-state index >= 15 is 0 Å². The molecule has 0 saturated carbocycles. The van der Waals surface area contributed by atoms with Gasteiger partial charge in [-0.2, -0.15) is 0 Å². The van der Waals surface area contributed by atoms with Crippen molar-refractivity contribution in [3.8, 4) is 66.8 Å². The fourth-order valence-electron chi connectivity index (χ4n) is 14.0. The largest absolute Gasteiger partial charge is 0.260 e. The highest BCUT2D eigenvalue weighted by atomic mass is 14.7. The van der Waals surface area contributed by atoms with Crippen LogP contribution in [0.15, 0.2) is 183 Å². The second-order valence-electron chi connectivity index (χ2n) is 25.4. The zero-order valence-corrected chi connectivity index (χ0v) is 66.2. The van der Waals surface area contributed by atoms with Crippen LogP contribution in [0.5, 0.6) is 0 Å². The number of benzene rings is 6. The van der Waals surface area contributed by atoms with Gasteiger partial charge < -0.3 is 0 Å². The van der Waals surface area contributed by atoms with Crippen LogP contribution in [0.1, 0.15) is 217 Å². The molecule has 102 heavy (non-hydrogen) atoms. The Morgan fingerprint density at radius 2 is 0.431 bits per heavy atom. The molecule has 528 valence electrons. The molecule has 6 aromatic heterocycles. The second-order valence-corrected chi connectivity index (χ2v) is 25.4. The van der Waals surface area contributed by atoms with E-state index in [0.29, 0.717) is 0 Å². The number of rotatable bonds is 0. The summed E-state index contributed by atoms with van der Waals surface area (Å²) >= 11 is 0. The molecule has 6 heteroatoms. The Morgan fingerprint density at radius 1 is 0.196 bits per heavy atom. The Balaban J connectivity index is 0.000000166. The van der Waals surface area contributed by atoms with Crippen LogP contribution in [0.3, 0.4) is 0 Å². The number of pyridine rings is 6. The van der Waals surface area contributed by atoms with E-state index in [-0.39, 0.29) is 0 Å². The quantitative estimate of drug-likeness (QED) is 0.151. The van der Waals surface area contributed by atoms with Gasteiger partial charge in [0.05, 0.1) is 34.2 Å². The smallest absolute Gasteiger partial charge is 0.0526 e. The zero-order valence-electron chi connectivity index (χ0n) is 66.2. The maximum atomic E-state index is 4.44. The normalized spacial score (nSPS) is 11.3. The summed E-state index contributed by atoms with van der Waals surface area (Å²) in [5.41, 5.74) is 48.8. The number of hydrogen-bond acceptors (Lipinski definition) is 6. The summed E-state index contributed by atoms with van der Waals surface area (Å²) in [4.78, 5) is 26.6. The molecule has 18 rings (SSSR count). The van der Waals surface area contributed by atoms with Crippen molar-refractivity contribution in [3.05, 3.63) is 317 Å². The monoisotopic (exact) mass is 1350 g/mol. The zero-order chi connectivity index (χ0) is 74.5. The first-order valence-electron chi connectivity index (χ1n) is 37.8. The Morgan fingerprint density at radius 3 is 0.745 bits per heavy atom. The first kappa shape index (κ1) is 79.5. The average molecular weight is 1350 g/mol. The third-order valence-corrected chi connectivity index (χ3v) is 20.0. The fraction of sp³-hybridized carbons (Fsp3) is 0.312. The van der Waals surface area contributed by atoms with Crippen LogP contribution in [0, 0.1) is 83.1 Å². The molecule has 6 aliphatic rings. The van der Waals surface area contributed by atoms with E-state index in [0.717, 1.165) is 38.5 Å². The predicted octanol–water partition coefficient (Wildman–Crippen LogP) is 25.8. The van der Waals surface area contributed by atoms with Gasteiger partial charge in [0.1, 0.15) is 0 Å². The van der Waals surface area contributed by atoms with Gasteiger partial charge in [-0.25, -0.2) is 0 Å². The maximum absolute atomic E-state index is 4.44. The minimum atomic E-state index is 0.993. The van der Waals surface area contributed by atoms with Crippen LogP contribution < -0.4 is 0 Å². The summed E-state index contributed by atoms with van der Waals surface area (Å²) in [5, 5.41) is 0. The fourth-order valence-corrected chi connectivity index (χ4v) is 14.0. The molecule has 6 aliphatic carbocycles. The van der Waals surface area contributed by atoms with Crippen molar-refractivity contribution in [2.75, 3.05) is 0 Å². The van der Waals surface area contributed by atoms with Crippen molar-refractivity contribution >= 4 is 0 Å². The molecule has 0 aliphatic heterocycles. The lowest BCUT2D eigenvalue weighted by Gasteiger charge is -2.07. The first-order valence-corrected chi connectivity index (χ1v) is 37.8. The maximum Gasteiger partial charge on any atom is 0.0526 e. The van der Waals surface area contributed by atoms with Crippen LogP contribution in [0.4, 0.5) is 0 Å². The predicted molar refractivity (Wildman–Crippen MR) is 440 cm³/mol. The molecule has 6 heterocycles. The Labute approximate surface area is 614 Å². The number of nitrogens with zero attached hydrogens (tertiary/aromatic N) is 6. The molecule has 0 bridgehead atoms. The molecular formula is C96H114N6. The molecule has 0 amide bonds. The van der Waals surface area contributed by atoms with E-state index in [1.165, 1.54) is 201 Å². The van der Waals surface area contributed by atoms with E-state index in [1.807, 2.05) is 157 Å². The van der Waals surface area contributed by atoms with Crippen molar-refractivity contribution < 1.29 is 0 Å². The minimum Gasteiger partial charge on any atom is -0.260 e. The lowest BCUT2D eigenvalue weighted by atomic mass is 9.97. The number of aryl methyl sites for hydroxylation is 8. The Hall–Kier alpha value is -9.78. The van der Waals surface area contributed by atoms with Gasteiger partial charge in [0.2, 0.25) is 0 Å². The summed E-state index contributed by atoms with van der Waals surface area (Å²) < 4.78 is 0. The molecule has 0 fully saturated rings. The van der Waals surface area contributed by atoms with Gasteiger partial charge in [0.25, 0.3) is 0 Å². The number of aromatic nitrogens is 6. The van der Waals surface area contributed by atoms with Gasteiger partial charge in [0, 0.05) is 109 Å². The summed E-state index contributed by atoms with van der Waals surface area (Å²) in [7, 11) is 0. The summed E-state index contributed by atoms with van der Waals surface area (Å²) in [6.07, 6.45) is 17.3. The second kappa shape index (κ2) is 37.8. The van der Waals surface area contributed by atoms with E-state index in [2.05, 4.69) is 222 Å². The first-order chi connectivity index (χ1) is 49.6. The van der Waals surface area contributed by atoms with E-state index in [4.69, 9.17) is 0 Å². The van der Waals surface area contributed by atoms with E-state index < -0.39 is 0 Å². The molecule has 0 N–H and O–H groups in total. The molecule has 0 spiro atoms. The summed E-state index contributed by atoms with van der Waals surface area (Å²) in [6.45, 7) is 50.2. The number of hydrogen-bond donors (Lipinski definition) is 0. The topological polar surface area (TPSA) is 77.3 Å². The van der Waals surface area contributed by atoms with Crippen LogP contribution in [0.2, 0.25) is 0 Å². The van der Waals surface area contributed by atoms with Crippen LogP contribution >= 0.6 is 0 Å². The van der Waals surface area contributed by atoms with E-state index in [9.17, 15) is 0 Å². The standard InChI is InChI=1S/6C14H13N.6C2H6/c2*1-9-5-6-11-12-4-3-7-15-14(12)8-13(11)10(9)2;2*1-9-5-6-11-8-13-12(4-3-7-15-13)14(11)10(9)2;2*1-9-6-11-8-14-12(4-3-5-15-14)13(11)7-10(9)2;6*1-2/h6*3-7H,8H2,1-2H3;6*1-2H3. The lowest BCUT2D eigenvalue weighted by Crippen LogP contribution is -1.90. The highest BCUT2D eigenvalue weighted by Gasteiger charge is 2.26. The van der Waals surface area contributed by atoms with Crippen molar-refractivity contribution in [1.29, 1.82) is 0 Å². The van der Waals surface area contributed by atoms with Gasteiger partial charge >= 0.3 is 0 Å². The van der Waals surface area contributed by atoms with Crippen LogP contribution in [-0.4, -0.2) is 29.9 Å². The van der Waals surface area contributed by atoms with Crippen LogP contribution in [-0.2, 0) is 38.5 Å². The minimum absolute atomic E-state index is 0.993. The molecule has 6 aromatic carbocycles. The van der Waals surface area contributed by atoms with Crippen molar-refractivity contribution in [3.63, 3.8) is 0 Å². The molecule has 0 atom stereocenters. The highest BCUT2D eigenvalue weighted by Crippen LogP contribution is 2.43. The number of fused-ring (bicyclic) bond motifs is 18. The molecule has 0 unspecified atom stereocenters. The van der Waals surface area contributed by atoms with Crippen LogP contribution in [0.25, 0.3) is 66.8 Å². The summed E-state index contributed by atoms with van der Waals surface area (Å²) in [5.74, 6) is 0. The Kier molecular flexibility index (Phi) is 29.4. The molecule has 0 saturated heterocycles. The Bertz CT molecular complexity index is 4490.